The van der Waals surface area contributed by atoms with Crippen LogP contribution in [0.1, 0.15) is 11.5 Å². The molecule has 0 aliphatic carbocycles. The zero-order chi connectivity index (χ0) is 14.8. The second-order valence-electron chi connectivity index (χ2n) is 5.52. The SMILES string of the molecule is Cl.N[C@@H]1CN(C(=O)CN2CCSC2=O)C[C@H]1c1ccccc1. The first-order valence-corrected chi connectivity index (χ1v) is 8.13. The summed E-state index contributed by atoms with van der Waals surface area (Å²) >= 11 is 1.28. The Morgan fingerprint density at radius 3 is 2.64 bits per heavy atom. The van der Waals surface area contributed by atoms with E-state index in [2.05, 4.69) is 12.1 Å². The van der Waals surface area contributed by atoms with Crippen molar-refractivity contribution in [1.82, 2.24) is 9.80 Å². The van der Waals surface area contributed by atoms with Gasteiger partial charge in [0, 0.05) is 37.3 Å². The highest BCUT2D eigenvalue weighted by Gasteiger charge is 2.35. The molecule has 0 aromatic heterocycles. The second-order valence-corrected chi connectivity index (χ2v) is 6.56. The number of rotatable bonds is 3. The first-order valence-electron chi connectivity index (χ1n) is 7.15. The number of nitrogens with zero attached hydrogens (tertiary/aromatic N) is 2. The van der Waals surface area contributed by atoms with Crippen molar-refractivity contribution in [2.75, 3.05) is 31.9 Å². The van der Waals surface area contributed by atoms with Gasteiger partial charge in [-0.3, -0.25) is 9.59 Å². The Balaban J connectivity index is 0.00000176. The molecule has 0 spiro atoms. The molecular weight excluding hydrogens is 322 g/mol. The van der Waals surface area contributed by atoms with Crippen LogP contribution in [0.15, 0.2) is 30.3 Å². The molecule has 3 rings (SSSR count). The maximum atomic E-state index is 12.3. The lowest BCUT2D eigenvalue weighted by Crippen LogP contribution is -2.40. The van der Waals surface area contributed by atoms with Crippen molar-refractivity contribution in [1.29, 1.82) is 0 Å². The van der Waals surface area contributed by atoms with Crippen LogP contribution in [-0.2, 0) is 4.79 Å². The number of amides is 2. The fourth-order valence-electron chi connectivity index (χ4n) is 2.92. The molecule has 0 bridgehead atoms. The zero-order valence-electron chi connectivity index (χ0n) is 12.2. The molecule has 2 amide bonds. The highest BCUT2D eigenvalue weighted by atomic mass is 35.5. The zero-order valence-corrected chi connectivity index (χ0v) is 13.8. The monoisotopic (exact) mass is 341 g/mol. The van der Waals surface area contributed by atoms with Crippen LogP contribution in [-0.4, -0.2) is 58.9 Å². The molecule has 1 aromatic rings. The Morgan fingerprint density at radius 2 is 2.00 bits per heavy atom. The Kier molecular flexibility index (Phi) is 5.72. The van der Waals surface area contributed by atoms with Crippen LogP contribution in [0.25, 0.3) is 0 Å². The van der Waals surface area contributed by atoms with E-state index in [1.165, 1.54) is 17.3 Å². The van der Waals surface area contributed by atoms with Gasteiger partial charge in [0.2, 0.25) is 5.91 Å². The van der Waals surface area contributed by atoms with Gasteiger partial charge in [-0.2, -0.15) is 0 Å². The summed E-state index contributed by atoms with van der Waals surface area (Å²) in [4.78, 5) is 27.3. The number of hydrogen-bond donors (Lipinski definition) is 1. The fraction of sp³-hybridized carbons (Fsp3) is 0.467. The van der Waals surface area contributed by atoms with Crippen LogP contribution in [0.3, 0.4) is 0 Å². The summed E-state index contributed by atoms with van der Waals surface area (Å²) in [6, 6.07) is 10.0. The van der Waals surface area contributed by atoms with Gasteiger partial charge in [0.15, 0.2) is 0 Å². The van der Waals surface area contributed by atoms with E-state index in [4.69, 9.17) is 5.73 Å². The molecular formula is C15H20ClN3O2S. The van der Waals surface area contributed by atoms with Crippen molar-refractivity contribution in [3.63, 3.8) is 0 Å². The molecule has 1 aromatic carbocycles. The average molecular weight is 342 g/mol. The van der Waals surface area contributed by atoms with Crippen LogP contribution in [0, 0.1) is 0 Å². The lowest BCUT2D eigenvalue weighted by Gasteiger charge is -2.20. The molecule has 2 atom stereocenters. The summed E-state index contributed by atoms with van der Waals surface area (Å²) in [7, 11) is 0. The normalized spacial score (nSPS) is 24.5. The van der Waals surface area contributed by atoms with Gasteiger partial charge in [0.1, 0.15) is 6.54 Å². The molecule has 2 aliphatic rings. The Morgan fingerprint density at radius 1 is 1.27 bits per heavy atom. The van der Waals surface area contributed by atoms with E-state index >= 15 is 0 Å². The number of benzene rings is 1. The third kappa shape index (κ3) is 3.56. The van der Waals surface area contributed by atoms with Crippen molar-refractivity contribution in [3.8, 4) is 0 Å². The van der Waals surface area contributed by atoms with Crippen LogP contribution >= 0.6 is 24.2 Å². The Labute approximate surface area is 140 Å². The Bertz CT molecular complexity index is 543. The van der Waals surface area contributed by atoms with Crippen molar-refractivity contribution in [2.45, 2.75) is 12.0 Å². The highest BCUT2D eigenvalue weighted by molar-refractivity contribution is 8.13. The first kappa shape index (κ1) is 17.1. The smallest absolute Gasteiger partial charge is 0.282 e. The number of carbonyl (C=O) groups is 2. The topological polar surface area (TPSA) is 66.6 Å². The molecule has 7 heteroatoms. The molecule has 0 saturated carbocycles. The second kappa shape index (κ2) is 7.35. The van der Waals surface area contributed by atoms with Gasteiger partial charge in [-0.15, -0.1) is 12.4 Å². The third-order valence-electron chi connectivity index (χ3n) is 4.12. The first-order chi connectivity index (χ1) is 10.1. The minimum atomic E-state index is -0.0417. The van der Waals surface area contributed by atoms with E-state index in [-0.39, 0.29) is 42.1 Å². The summed E-state index contributed by atoms with van der Waals surface area (Å²) in [5.41, 5.74) is 7.37. The quantitative estimate of drug-likeness (QED) is 0.905. The molecule has 0 unspecified atom stereocenters. The predicted octanol–water partition coefficient (Wildman–Crippen LogP) is 1.53. The number of thioether (sulfide) groups is 1. The van der Waals surface area contributed by atoms with E-state index in [9.17, 15) is 9.59 Å². The number of carbonyl (C=O) groups excluding carboxylic acids is 2. The molecule has 2 heterocycles. The average Bonchev–Trinajstić information content (AvgIpc) is 3.07. The maximum absolute atomic E-state index is 12.3. The van der Waals surface area contributed by atoms with E-state index in [0.717, 1.165) is 5.75 Å². The van der Waals surface area contributed by atoms with E-state index < -0.39 is 0 Å². The minimum Gasteiger partial charge on any atom is -0.339 e. The Hall–Kier alpha value is -1.24. The summed E-state index contributed by atoms with van der Waals surface area (Å²) in [5, 5.41) is 0.00598. The van der Waals surface area contributed by atoms with Gasteiger partial charge in [-0.05, 0) is 5.56 Å². The van der Waals surface area contributed by atoms with Crippen molar-refractivity contribution in [3.05, 3.63) is 35.9 Å². The third-order valence-corrected chi connectivity index (χ3v) is 5.01. The van der Waals surface area contributed by atoms with Crippen LogP contribution in [0.4, 0.5) is 4.79 Å². The van der Waals surface area contributed by atoms with Gasteiger partial charge in [-0.1, -0.05) is 42.1 Å². The molecule has 120 valence electrons. The standard InChI is InChI=1S/C15H19N3O2S.ClH/c16-13-9-18(8-12(13)11-4-2-1-3-5-11)14(19)10-17-6-7-21-15(17)20;/h1-5,12-13H,6-10,16H2;1H/t12-,13+;/m0./s1. The van der Waals surface area contributed by atoms with Crippen LogP contribution < -0.4 is 5.73 Å². The molecule has 2 N–H and O–H groups in total. The van der Waals surface area contributed by atoms with Gasteiger partial charge >= 0.3 is 0 Å². The fourth-order valence-corrected chi connectivity index (χ4v) is 3.74. The van der Waals surface area contributed by atoms with Crippen LogP contribution in [0.5, 0.6) is 0 Å². The molecule has 0 radical (unpaired) electrons. The summed E-state index contributed by atoms with van der Waals surface area (Å²) in [5.74, 6) is 0.955. The number of nitrogens with two attached hydrogens (primary N) is 1. The van der Waals surface area contributed by atoms with Gasteiger partial charge in [0.05, 0.1) is 0 Å². The summed E-state index contributed by atoms with van der Waals surface area (Å²) in [6.07, 6.45) is 0. The van der Waals surface area contributed by atoms with Gasteiger partial charge in [0.25, 0.3) is 5.24 Å². The van der Waals surface area contributed by atoms with Crippen molar-refractivity contribution >= 4 is 35.3 Å². The van der Waals surface area contributed by atoms with Crippen molar-refractivity contribution in [2.24, 2.45) is 5.73 Å². The molecule has 2 saturated heterocycles. The molecule has 2 fully saturated rings. The number of likely N-dealkylation sites (tertiary alicyclic amines) is 1. The molecule has 5 nitrogen and oxygen atoms in total. The van der Waals surface area contributed by atoms with Gasteiger partial charge < -0.3 is 15.5 Å². The maximum Gasteiger partial charge on any atom is 0.282 e. The number of halogens is 1. The van der Waals surface area contributed by atoms with E-state index in [0.29, 0.717) is 19.6 Å². The predicted molar refractivity (Wildman–Crippen MR) is 90.4 cm³/mol. The largest absolute Gasteiger partial charge is 0.339 e. The van der Waals surface area contributed by atoms with E-state index in [1.54, 1.807) is 9.80 Å². The summed E-state index contributed by atoms with van der Waals surface area (Å²) in [6.45, 7) is 2.05. The molecule has 2 aliphatic heterocycles. The number of hydrogen-bond acceptors (Lipinski definition) is 4. The minimum absolute atomic E-state index is 0. The van der Waals surface area contributed by atoms with E-state index in [1.807, 2.05) is 18.2 Å². The summed E-state index contributed by atoms with van der Waals surface area (Å²) < 4.78 is 0. The lowest BCUT2D eigenvalue weighted by molar-refractivity contribution is -0.130. The van der Waals surface area contributed by atoms with Crippen LogP contribution in [0.2, 0.25) is 0 Å². The van der Waals surface area contributed by atoms with Crippen molar-refractivity contribution < 1.29 is 9.59 Å². The molecule has 22 heavy (non-hydrogen) atoms. The van der Waals surface area contributed by atoms with Gasteiger partial charge in [-0.25, -0.2) is 0 Å². The lowest BCUT2D eigenvalue weighted by atomic mass is 9.95. The highest BCUT2D eigenvalue weighted by Crippen LogP contribution is 2.27.